The normalized spacial score (nSPS) is 12.0. The van der Waals surface area contributed by atoms with Crippen molar-refractivity contribution in [3.63, 3.8) is 0 Å². The van der Waals surface area contributed by atoms with E-state index in [-0.39, 0.29) is 13.2 Å². The summed E-state index contributed by atoms with van der Waals surface area (Å²) < 4.78 is 11.7. The standard InChI is InChI=1S/C17H20BrNO4/c1-10-15(12(3)20)11(2)19-16(10)17(21)23-9-8-22-14-6-4-13(18)5-7-14/h4-7,12,19-20H,8-9H2,1-3H3/t12-/m0/s1. The number of H-pyrrole nitrogens is 1. The molecule has 0 saturated heterocycles. The highest BCUT2D eigenvalue weighted by Crippen LogP contribution is 2.24. The fraction of sp³-hybridized carbons (Fsp3) is 0.353. The summed E-state index contributed by atoms with van der Waals surface area (Å²) in [5.41, 5.74) is 2.61. The van der Waals surface area contributed by atoms with Crippen molar-refractivity contribution in [1.29, 1.82) is 0 Å². The van der Waals surface area contributed by atoms with Crippen LogP contribution in [0.15, 0.2) is 28.7 Å². The molecule has 0 spiro atoms. The number of aryl methyl sites for hydroxylation is 1. The molecule has 2 N–H and O–H groups in total. The predicted molar refractivity (Wildman–Crippen MR) is 90.8 cm³/mol. The van der Waals surface area contributed by atoms with Crippen LogP contribution in [0.1, 0.15) is 40.3 Å². The molecule has 0 aliphatic carbocycles. The molecule has 0 radical (unpaired) electrons. The molecule has 2 rings (SSSR count). The van der Waals surface area contributed by atoms with Crippen LogP contribution in [-0.4, -0.2) is 29.3 Å². The Labute approximate surface area is 143 Å². The van der Waals surface area contributed by atoms with E-state index in [0.717, 1.165) is 21.3 Å². The second-order valence-corrected chi connectivity index (χ2v) is 6.19. The highest BCUT2D eigenvalue weighted by atomic mass is 79.9. The molecule has 1 atom stereocenters. The number of nitrogens with one attached hydrogen (secondary N) is 1. The van der Waals surface area contributed by atoms with Gasteiger partial charge in [-0.05, 0) is 50.6 Å². The van der Waals surface area contributed by atoms with Crippen molar-refractivity contribution in [3.05, 3.63) is 51.3 Å². The Kier molecular flexibility index (Phi) is 5.85. The minimum absolute atomic E-state index is 0.149. The van der Waals surface area contributed by atoms with E-state index in [4.69, 9.17) is 9.47 Å². The van der Waals surface area contributed by atoms with Gasteiger partial charge in [-0.2, -0.15) is 0 Å². The third kappa shape index (κ3) is 4.36. The molecule has 23 heavy (non-hydrogen) atoms. The second kappa shape index (κ2) is 7.66. The number of hydrogen-bond donors (Lipinski definition) is 2. The molecule has 0 unspecified atom stereocenters. The third-order valence-corrected chi connectivity index (χ3v) is 4.04. The van der Waals surface area contributed by atoms with Gasteiger partial charge >= 0.3 is 5.97 Å². The van der Waals surface area contributed by atoms with Gasteiger partial charge in [0.25, 0.3) is 0 Å². The number of aliphatic hydroxyl groups excluding tert-OH is 1. The van der Waals surface area contributed by atoms with Gasteiger partial charge in [-0.25, -0.2) is 4.79 Å². The topological polar surface area (TPSA) is 71.6 Å². The number of benzene rings is 1. The largest absolute Gasteiger partial charge is 0.490 e. The highest BCUT2D eigenvalue weighted by molar-refractivity contribution is 9.10. The zero-order chi connectivity index (χ0) is 17.0. The SMILES string of the molecule is Cc1[nH]c(C(=O)OCCOc2ccc(Br)cc2)c(C)c1[C@H](C)O. The van der Waals surface area contributed by atoms with Crippen LogP contribution in [-0.2, 0) is 4.74 Å². The van der Waals surface area contributed by atoms with Gasteiger partial charge in [0.15, 0.2) is 0 Å². The molecule has 0 amide bonds. The zero-order valence-corrected chi connectivity index (χ0v) is 14.9. The van der Waals surface area contributed by atoms with E-state index in [1.165, 1.54) is 0 Å². The number of carbonyl (C=O) groups is 1. The molecule has 5 nitrogen and oxygen atoms in total. The van der Waals surface area contributed by atoms with Crippen LogP contribution in [0.4, 0.5) is 0 Å². The van der Waals surface area contributed by atoms with Crippen LogP contribution in [0.3, 0.4) is 0 Å². The molecule has 1 aromatic carbocycles. The van der Waals surface area contributed by atoms with Gasteiger partial charge in [0.1, 0.15) is 24.7 Å². The summed E-state index contributed by atoms with van der Waals surface area (Å²) in [4.78, 5) is 15.1. The first kappa shape index (κ1) is 17.6. The number of aromatic amines is 1. The van der Waals surface area contributed by atoms with E-state index < -0.39 is 12.1 Å². The Balaban J connectivity index is 1.88. The quantitative estimate of drug-likeness (QED) is 0.591. The maximum atomic E-state index is 12.1. The molecule has 1 heterocycles. The van der Waals surface area contributed by atoms with Crippen LogP contribution in [0.25, 0.3) is 0 Å². The molecule has 124 valence electrons. The summed E-state index contributed by atoms with van der Waals surface area (Å²) in [5, 5.41) is 9.74. The van der Waals surface area contributed by atoms with Crippen LogP contribution < -0.4 is 4.74 Å². The summed E-state index contributed by atoms with van der Waals surface area (Å²) in [6.07, 6.45) is -0.631. The fourth-order valence-corrected chi connectivity index (χ4v) is 2.76. The predicted octanol–water partition coefficient (Wildman–Crippen LogP) is 3.68. The van der Waals surface area contributed by atoms with Crippen LogP contribution in [0, 0.1) is 13.8 Å². The fourth-order valence-electron chi connectivity index (χ4n) is 2.49. The summed E-state index contributed by atoms with van der Waals surface area (Å²) in [6.45, 7) is 5.71. The number of esters is 1. The first-order valence-electron chi connectivity index (χ1n) is 7.32. The minimum Gasteiger partial charge on any atom is -0.490 e. The second-order valence-electron chi connectivity index (χ2n) is 5.28. The Bertz CT molecular complexity index is 677. The lowest BCUT2D eigenvalue weighted by Crippen LogP contribution is -2.13. The van der Waals surface area contributed by atoms with Crippen LogP contribution in [0.2, 0.25) is 0 Å². The molecule has 2 aromatic rings. The van der Waals surface area contributed by atoms with Gasteiger partial charge in [-0.1, -0.05) is 15.9 Å². The molecule has 0 aliphatic heterocycles. The van der Waals surface area contributed by atoms with E-state index in [1.807, 2.05) is 31.2 Å². The maximum absolute atomic E-state index is 12.1. The maximum Gasteiger partial charge on any atom is 0.355 e. The van der Waals surface area contributed by atoms with Gasteiger partial charge in [-0.3, -0.25) is 0 Å². The Morgan fingerprint density at radius 1 is 1.26 bits per heavy atom. The van der Waals surface area contributed by atoms with Gasteiger partial charge in [0.2, 0.25) is 0 Å². The molecule has 0 aliphatic rings. The first-order valence-corrected chi connectivity index (χ1v) is 8.12. The number of aromatic nitrogens is 1. The molecule has 0 fully saturated rings. The van der Waals surface area contributed by atoms with Crippen molar-refractivity contribution < 1.29 is 19.4 Å². The van der Waals surface area contributed by atoms with Gasteiger partial charge in [0.05, 0.1) is 6.10 Å². The number of halogens is 1. The van der Waals surface area contributed by atoms with E-state index in [9.17, 15) is 9.90 Å². The molecule has 0 saturated carbocycles. The van der Waals surface area contributed by atoms with Crippen molar-refractivity contribution in [2.75, 3.05) is 13.2 Å². The van der Waals surface area contributed by atoms with Gasteiger partial charge in [-0.15, -0.1) is 0 Å². The summed E-state index contributed by atoms with van der Waals surface area (Å²) in [6, 6.07) is 7.42. The molecule has 0 bridgehead atoms. The van der Waals surface area contributed by atoms with Gasteiger partial charge in [0, 0.05) is 15.7 Å². The average Bonchev–Trinajstić information content (AvgIpc) is 2.80. The third-order valence-electron chi connectivity index (χ3n) is 3.52. The van der Waals surface area contributed by atoms with Crippen molar-refractivity contribution >= 4 is 21.9 Å². The van der Waals surface area contributed by atoms with Crippen molar-refractivity contribution in [3.8, 4) is 5.75 Å². The van der Waals surface area contributed by atoms with Crippen molar-refractivity contribution in [2.24, 2.45) is 0 Å². The van der Waals surface area contributed by atoms with Crippen LogP contribution in [0.5, 0.6) is 5.75 Å². The molecular weight excluding hydrogens is 362 g/mol. The number of hydrogen-bond acceptors (Lipinski definition) is 4. The lowest BCUT2D eigenvalue weighted by Gasteiger charge is -2.08. The number of ether oxygens (including phenoxy) is 2. The monoisotopic (exact) mass is 381 g/mol. The van der Waals surface area contributed by atoms with E-state index in [0.29, 0.717) is 11.4 Å². The number of carbonyl (C=O) groups excluding carboxylic acids is 1. The Morgan fingerprint density at radius 3 is 2.48 bits per heavy atom. The van der Waals surface area contributed by atoms with Crippen molar-refractivity contribution in [1.82, 2.24) is 4.98 Å². The lowest BCUT2D eigenvalue weighted by atomic mass is 10.1. The average molecular weight is 382 g/mol. The Morgan fingerprint density at radius 2 is 1.91 bits per heavy atom. The minimum atomic E-state index is -0.631. The molecule has 6 heteroatoms. The number of aliphatic hydroxyl groups is 1. The van der Waals surface area contributed by atoms with E-state index in [2.05, 4.69) is 20.9 Å². The smallest absolute Gasteiger partial charge is 0.355 e. The summed E-state index contributed by atoms with van der Waals surface area (Å²) in [7, 11) is 0. The van der Waals surface area contributed by atoms with E-state index in [1.54, 1.807) is 13.8 Å². The highest BCUT2D eigenvalue weighted by Gasteiger charge is 2.20. The summed E-state index contributed by atoms with van der Waals surface area (Å²) in [5.74, 6) is 0.268. The van der Waals surface area contributed by atoms with E-state index >= 15 is 0 Å². The van der Waals surface area contributed by atoms with Gasteiger partial charge < -0.3 is 19.6 Å². The molecule has 1 aromatic heterocycles. The number of rotatable bonds is 6. The lowest BCUT2D eigenvalue weighted by molar-refractivity contribution is 0.0443. The first-order chi connectivity index (χ1) is 10.9. The zero-order valence-electron chi connectivity index (χ0n) is 13.4. The Hall–Kier alpha value is -1.79. The van der Waals surface area contributed by atoms with Crippen LogP contribution >= 0.6 is 15.9 Å². The molecular formula is C17H20BrNO4. The summed E-state index contributed by atoms with van der Waals surface area (Å²) >= 11 is 3.35. The van der Waals surface area contributed by atoms with Crippen molar-refractivity contribution in [2.45, 2.75) is 26.9 Å².